The number of nitrogens with zero attached hydrogens (tertiary/aromatic N) is 3. The highest BCUT2D eigenvalue weighted by Crippen LogP contribution is 2.12. The summed E-state index contributed by atoms with van der Waals surface area (Å²) in [6, 6.07) is 0. The minimum absolute atomic E-state index is 0.0340. The van der Waals surface area contributed by atoms with E-state index in [1.807, 2.05) is 0 Å². The molecular weight excluding hydrogens is 226 g/mol. The van der Waals surface area contributed by atoms with Gasteiger partial charge in [0.05, 0.1) is 24.3 Å². The Labute approximate surface area is 94.5 Å². The van der Waals surface area contributed by atoms with Crippen LogP contribution < -0.4 is 5.73 Å². The Kier molecular flexibility index (Phi) is 2.53. The molecule has 8 nitrogen and oxygen atoms in total. The van der Waals surface area contributed by atoms with Gasteiger partial charge in [-0.05, 0) is 0 Å². The predicted molar refractivity (Wildman–Crippen MR) is 55.1 cm³/mol. The first-order valence-electron chi connectivity index (χ1n) is 4.48. The van der Waals surface area contributed by atoms with Crippen LogP contribution in [0.5, 0.6) is 0 Å². The number of hydrogen-bond donors (Lipinski definition) is 3. The molecule has 1 amide bonds. The number of hydrogen-bond acceptors (Lipinski definition) is 5. The van der Waals surface area contributed by atoms with Crippen molar-refractivity contribution in [1.29, 1.82) is 0 Å². The van der Waals surface area contributed by atoms with Crippen LogP contribution in [0.15, 0.2) is 18.6 Å². The van der Waals surface area contributed by atoms with Crippen LogP contribution in [0.2, 0.25) is 0 Å². The first-order chi connectivity index (χ1) is 8.08. The average molecular weight is 233 g/mol. The Bertz CT molecular complexity index is 575. The van der Waals surface area contributed by atoms with E-state index in [2.05, 4.69) is 19.9 Å². The SMILES string of the molecule is NC(=O)c1cnc(-c2cnc(C(=O)O)[nH]2)cn1. The zero-order valence-corrected chi connectivity index (χ0v) is 8.41. The minimum atomic E-state index is -1.17. The molecule has 8 heteroatoms. The van der Waals surface area contributed by atoms with E-state index in [0.29, 0.717) is 11.4 Å². The van der Waals surface area contributed by atoms with Crippen LogP contribution in [-0.2, 0) is 0 Å². The molecule has 0 aliphatic heterocycles. The minimum Gasteiger partial charge on any atom is -0.475 e. The number of carbonyl (C=O) groups is 2. The number of H-pyrrole nitrogens is 1. The summed E-state index contributed by atoms with van der Waals surface area (Å²) in [5.74, 6) is -2.04. The molecule has 17 heavy (non-hydrogen) atoms. The second-order valence-electron chi connectivity index (χ2n) is 3.10. The van der Waals surface area contributed by atoms with Crippen LogP contribution in [0.1, 0.15) is 21.1 Å². The van der Waals surface area contributed by atoms with Crippen LogP contribution in [0.25, 0.3) is 11.4 Å². The molecule has 0 aromatic carbocycles. The molecule has 0 fully saturated rings. The van der Waals surface area contributed by atoms with Crippen LogP contribution in [0.3, 0.4) is 0 Å². The molecule has 0 spiro atoms. The Hall–Kier alpha value is -2.77. The van der Waals surface area contributed by atoms with Gasteiger partial charge in [0.25, 0.3) is 5.91 Å². The fraction of sp³-hybridized carbons (Fsp3) is 0. The number of amides is 1. The van der Waals surface area contributed by atoms with E-state index in [1.165, 1.54) is 18.6 Å². The number of nitrogens with one attached hydrogen (secondary N) is 1. The van der Waals surface area contributed by atoms with Gasteiger partial charge in [0.15, 0.2) is 0 Å². The number of nitrogens with two attached hydrogens (primary N) is 1. The Balaban J connectivity index is 2.33. The summed E-state index contributed by atoms with van der Waals surface area (Å²) in [6.07, 6.45) is 3.83. The van der Waals surface area contributed by atoms with E-state index in [4.69, 9.17) is 10.8 Å². The average Bonchev–Trinajstić information content (AvgIpc) is 2.78. The standard InChI is InChI=1S/C9H7N5O3/c10-7(15)6-3-11-4(1-12-6)5-2-13-8(14-5)9(16)17/h1-3H,(H2,10,15)(H,13,14)(H,16,17). The van der Waals surface area contributed by atoms with Crippen molar-refractivity contribution in [2.45, 2.75) is 0 Å². The fourth-order valence-corrected chi connectivity index (χ4v) is 1.15. The number of rotatable bonds is 3. The molecule has 0 aliphatic rings. The maximum Gasteiger partial charge on any atom is 0.371 e. The summed E-state index contributed by atoms with van der Waals surface area (Å²) in [7, 11) is 0. The molecule has 0 bridgehead atoms. The van der Waals surface area contributed by atoms with E-state index < -0.39 is 11.9 Å². The summed E-state index contributed by atoms with van der Waals surface area (Å²) < 4.78 is 0. The highest BCUT2D eigenvalue weighted by molar-refractivity contribution is 5.90. The van der Waals surface area contributed by atoms with E-state index in [1.54, 1.807) is 0 Å². The zero-order valence-electron chi connectivity index (χ0n) is 8.41. The van der Waals surface area contributed by atoms with Gasteiger partial charge in [-0.25, -0.2) is 14.8 Å². The number of primary amides is 1. The third kappa shape index (κ3) is 2.09. The van der Waals surface area contributed by atoms with Crippen molar-refractivity contribution in [2.24, 2.45) is 5.73 Å². The van der Waals surface area contributed by atoms with Crippen molar-refractivity contribution in [3.8, 4) is 11.4 Å². The normalized spacial score (nSPS) is 10.1. The highest BCUT2D eigenvalue weighted by Gasteiger charge is 2.10. The second-order valence-corrected chi connectivity index (χ2v) is 3.10. The molecule has 2 heterocycles. The van der Waals surface area contributed by atoms with Gasteiger partial charge in [-0.15, -0.1) is 0 Å². The van der Waals surface area contributed by atoms with Gasteiger partial charge in [0.1, 0.15) is 11.4 Å². The third-order valence-corrected chi connectivity index (χ3v) is 1.96. The van der Waals surface area contributed by atoms with Gasteiger partial charge in [-0.3, -0.25) is 9.78 Å². The monoisotopic (exact) mass is 233 g/mol. The number of aromatic carboxylic acids is 1. The van der Waals surface area contributed by atoms with Crippen LogP contribution in [0.4, 0.5) is 0 Å². The van der Waals surface area contributed by atoms with Gasteiger partial charge in [0, 0.05) is 0 Å². The molecule has 0 atom stereocenters. The molecule has 0 saturated carbocycles. The van der Waals surface area contributed by atoms with Crippen molar-refractivity contribution < 1.29 is 14.7 Å². The molecule has 2 aromatic heterocycles. The summed E-state index contributed by atoms with van der Waals surface area (Å²) in [6.45, 7) is 0. The van der Waals surface area contributed by atoms with Gasteiger partial charge < -0.3 is 15.8 Å². The molecular formula is C9H7N5O3. The molecule has 86 valence electrons. The topological polar surface area (TPSA) is 135 Å². The maximum absolute atomic E-state index is 10.8. The Morgan fingerprint density at radius 1 is 1.18 bits per heavy atom. The molecule has 0 aliphatic carbocycles. The number of imidazole rings is 1. The van der Waals surface area contributed by atoms with E-state index >= 15 is 0 Å². The quantitative estimate of drug-likeness (QED) is 0.663. The molecule has 0 saturated heterocycles. The van der Waals surface area contributed by atoms with Crippen LogP contribution in [0, 0.1) is 0 Å². The molecule has 0 unspecified atom stereocenters. The van der Waals surface area contributed by atoms with Gasteiger partial charge in [0.2, 0.25) is 5.82 Å². The molecule has 2 rings (SSSR count). The lowest BCUT2D eigenvalue weighted by Gasteiger charge is -1.97. The third-order valence-electron chi connectivity index (χ3n) is 1.96. The molecule has 0 radical (unpaired) electrons. The fourth-order valence-electron chi connectivity index (χ4n) is 1.15. The van der Waals surface area contributed by atoms with E-state index in [-0.39, 0.29) is 11.5 Å². The summed E-state index contributed by atoms with van der Waals surface area (Å²) in [5, 5.41) is 8.67. The largest absolute Gasteiger partial charge is 0.475 e. The maximum atomic E-state index is 10.8. The number of carbonyl (C=O) groups excluding carboxylic acids is 1. The first-order valence-corrected chi connectivity index (χ1v) is 4.48. The highest BCUT2D eigenvalue weighted by atomic mass is 16.4. The van der Waals surface area contributed by atoms with Crippen molar-refractivity contribution in [1.82, 2.24) is 19.9 Å². The number of carboxylic acids is 1. The molecule has 4 N–H and O–H groups in total. The van der Waals surface area contributed by atoms with E-state index in [9.17, 15) is 9.59 Å². The predicted octanol–water partition coefficient (Wildman–Crippen LogP) is -0.336. The van der Waals surface area contributed by atoms with Crippen LogP contribution >= 0.6 is 0 Å². The van der Waals surface area contributed by atoms with Gasteiger partial charge in [-0.2, -0.15) is 0 Å². The Morgan fingerprint density at radius 2 is 1.94 bits per heavy atom. The summed E-state index contributed by atoms with van der Waals surface area (Å²) in [5.41, 5.74) is 5.81. The number of aromatic amines is 1. The zero-order chi connectivity index (χ0) is 12.4. The first kappa shape index (κ1) is 10.7. The number of carboxylic acid groups (broad SMARTS) is 1. The lowest BCUT2D eigenvalue weighted by Crippen LogP contribution is -2.13. The van der Waals surface area contributed by atoms with Crippen molar-refractivity contribution in [2.75, 3.05) is 0 Å². The van der Waals surface area contributed by atoms with Gasteiger partial charge >= 0.3 is 5.97 Å². The smallest absolute Gasteiger partial charge is 0.371 e. The van der Waals surface area contributed by atoms with Crippen molar-refractivity contribution >= 4 is 11.9 Å². The number of aromatic nitrogens is 4. The second kappa shape index (κ2) is 4.00. The van der Waals surface area contributed by atoms with Crippen LogP contribution in [-0.4, -0.2) is 36.9 Å². The van der Waals surface area contributed by atoms with E-state index in [0.717, 1.165) is 0 Å². The Morgan fingerprint density at radius 3 is 2.41 bits per heavy atom. The summed E-state index contributed by atoms with van der Waals surface area (Å²) in [4.78, 5) is 35.2. The molecule has 2 aromatic rings. The summed E-state index contributed by atoms with van der Waals surface area (Å²) >= 11 is 0. The van der Waals surface area contributed by atoms with Crippen molar-refractivity contribution in [3.05, 3.63) is 30.1 Å². The lowest BCUT2D eigenvalue weighted by atomic mass is 10.3. The lowest BCUT2D eigenvalue weighted by molar-refractivity contribution is 0.0684. The van der Waals surface area contributed by atoms with Crippen molar-refractivity contribution in [3.63, 3.8) is 0 Å². The van der Waals surface area contributed by atoms with Gasteiger partial charge in [-0.1, -0.05) is 0 Å².